The highest BCUT2D eigenvalue weighted by atomic mass is 16.6. The first-order valence-electron chi connectivity index (χ1n) is 8.89. The number of carbonyl (C=O) groups is 4. The number of benzene rings is 1. The molecule has 4 amide bonds. The zero-order valence-electron chi connectivity index (χ0n) is 16.4. The maximum Gasteiger partial charge on any atom is 0.408 e. The Bertz CT molecular complexity index is 690. The van der Waals surface area contributed by atoms with Gasteiger partial charge in [0.2, 0.25) is 0 Å². The smallest absolute Gasteiger partial charge is 0.408 e. The summed E-state index contributed by atoms with van der Waals surface area (Å²) < 4.78 is 10.3. The highest BCUT2D eigenvalue weighted by Crippen LogP contribution is 2.12. The molecule has 0 spiro atoms. The third kappa shape index (κ3) is 7.65. The highest BCUT2D eigenvalue weighted by molar-refractivity contribution is 5.97. The van der Waals surface area contributed by atoms with Crippen molar-refractivity contribution in [2.45, 2.75) is 46.4 Å². The Morgan fingerprint density at radius 2 is 1.61 bits per heavy atom. The number of alkyl carbamates (subject to hydrolysis) is 1. The molecule has 0 bridgehead atoms. The lowest BCUT2D eigenvalue weighted by atomic mass is 10.0. The van der Waals surface area contributed by atoms with E-state index in [0.717, 1.165) is 5.56 Å². The number of urea groups is 1. The molecule has 0 saturated heterocycles. The second-order valence-corrected chi connectivity index (χ2v) is 6.88. The third-order valence-corrected chi connectivity index (χ3v) is 3.76. The van der Waals surface area contributed by atoms with Crippen LogP contribution in [0.5, 0.6) is 0 Å². The third-order valence-electron chi connectivity index (χ3n) is 3.76. The van der Waals surface area contributed by atoms with Gasteiger partial charge in [0.1, 0.15) is 12.6 Å². The lowest BCUT2D eigenvalue weighted by Gasteiger charge is -2.25. The monoisotopic (exact) mass is 393 g/mol. The van der Waals surface area contributed by atoms with Crippen LogP contribution in [-0.4, -0.2) is 36.1 Å². The van der Waals surface area contributed by atoms with Gasteiger partial charge in [0.25, 0.3) is 5.91 Å². The molecule has 0 saturated carbocycles. The lowest BCUT2D eigenvalue weighted by Crippen LogP contribution is -2.50. The lowest BCUT2D eigenvalue weighted by molar-refractivity contribution is -0.161. The summed E-state index contributed by atoms with van der Waals surface area (Å²) in [5.41, 5.74) is 5.73. The van der Waals surface area contributed by atoms with Crippen molar-refractivity contribution in [1.82, 2.24) is 10.6 Å². The van der Waals surface area contributed by atoms with Crippen LogP contribution in [0.2, 0.25) is 0 Å². The van der Waals surface area contributed by atoms with Gasteiger partial charge in [-0.1, -0.05) is 58.0 Å². The highest BCUT2D eigenvalue weighted by Gasteiger charge is 2.33. The summed E-state index contributed by atoms with van der Waals surface area (Å²) in [6, 6.07) is 6.98. The molecule has 0 heterocycles. The second-order valence-electron chi connectivity index (χ2n) is 6.88. The molecule has 1 aromatic carbocycles. The number of nitrogens with two attached hydrogens (primary N) is 1. The molecular weight excluding hydrogens is 366 g/mol. The maximum atomic E-state index is 12.5. The molecule has 1 aromatic rings. The summed E-state index contributed by atoms with van der Waals surface area (Å²) in [6.45, 7) is 6.74. The molecule has 2 atom stereocenters. The van der Waals surface area contributed by atoms with Crippen molar-refractivity contribution in [3.63, 3.8) is 0 Å². The largest absolute Gasteiger partial charge is 0.450 e. The van der Waals surface area contributed by atoms with Gasteiger partial charge >= 0.3 is 18.1 Å². The fraction of sp³-hybridized carbons (Fsp3) is 0.474. The maximum absolute atomic E-state index is 12.5. The van der Waals surface area contributed by atoms with Crippen LogP contribution in [0.3, 0.4) is 0 Å². The van der Waals surface area contributed by atoms with Crippen LogP contribution in [0.25, 0.3) is 0 Å². The van der Waals surface area contributed by atoms with Gasteiger partial charge < -0.3 is 20.5 Å². The number of carbonyl (C=O) groups excluding carboxylic acids is 4. The van der Waals surface area contributed by atoms with Crippen LogP contribution in [0, 0.1) is 11.8 Å². The van der Waals surface area contributed by atoms with Gasteiger partial charge in [-0.2, -0.15) is 0 Å². The van der Waals surface area contributed by atoms with E-state index in [1.165, 1.54) is 0 Å². The molecule has 9 heteroatoms. The van der Waals surface area contributed by atoms with Crippen molar-refractivity contribution in [2.24, 2.45) is 17.6 Å². The van der Waals surface area contributed by atoms with Gasteiger partial charge in [-0.15, -0.1) is 0 Å². The number of esters is 1. The van der Waals surface area contributed by atoms with Gasteiger partial charge in [0, 0.05) is 0 Å². The molecular formula is C19H27N3O6. The molecule has 154 valence electrons. The van der Waals surface area contributed by atoms with Crippen LogP contribution in [0.1, 0.15) is 33.3 Å². The Morgan fingerprint density at radius 1 is 1.00 bits per heavy atom. The molecule has 0 fully saturated rings. The zero-order chi connectivity index (χ0) is 21.3. The van der Waals surface area contributed by atoms with Crippen molar-refractivity contribution in [1.29, 1.82) is 0 Å². The van der Waals surface area contributed by atoms with Crippen LogP contribution in [0.15, 0.2) is 30.3 Å². The Morgan fingerprint density at radius 3 is 2.11 bits per heavy atom. The minimum atomic E-state index is -1.23. The molecule has 0 aliphatic rings. The summed E-state index contributed by atoms with van der Waals surface area (Å²) in [4.78, 5) is 47.4. The molecule has 4 N–H and O–H groups in total. The Labute approximate surface area is 163 Å². The van der Waals surface area contributed by atoms with E-state index in [2.05, 4.69) is 5.32 Å². The summed E-state index contributed by atoms with van der Waals surface area (Å²) >= 11 is 0. The number of amides is 4. The molecule has 0 radical (unpaired) electrons. The molecule has 0 aliphatic carbocycles. The van der Waals surface area contributed by atoms with Gasteiger partial charge in [-0.3, -0.25) is 10.1 Å². The second kappa shape index (κ2) is 10.9. The summed E-state index contributed by atoms with van der Waals surface area (Å²) in [5.74, 6) is -2.39. The van der Waals surface area contributed by atoms with Crippen molar-refractivity contribution in [3.05, 3.63) is 35.9 Å². The van der Waals surface area contributed by atoms with Gasteiger partial charge in [-0.05, 0) is 17.4 Å². The molecule has 0 aromatic heterocycles. The number of imide groups is 1. The predicted molar refractivity (Wildman–Crippen MR) is 101 cm³/mol. The van der Waals surface area contributed by atoms with E-state index in [1.54, 1.807) is 39.8 Å². The fourth-order valence-corrected chi connectivity index (χ4v) is 2.27. The average Bonchev–Trinajstić information content (AvgIpc) is 2.61. The fourth-order valence-electron chi connectivity index (χ4n) is 2.27. The van der Waals surface area contributed by atoms with Crippen molar-refractivity contribution < 1.29 is 28.7 Å². The van der Waals surface area contributed by atoms with E-state index >= 15 is 0 Å². The molecule has 0 aliphatic heterocycles. The van der Waals surface area contributed by atoms with E-state index in [4.69, 9.17) is 15.2 Å². The van der Waals surface area contributed by atoms with E-state index in [0.29, 0.717) is 0 Å². The minimum absolute atomic E-state index is 0.0438. The van der Waals surface area contributed by atoms with Crippen LogP contribution >= 0.6 is 0 Å². The van der Waals surface area contributed by atoms with Crippen molar-refractivity contribution in [3.8, 4) is 0 Å². The SMILES string of the molecule is CC(C)[C@H](NC(=O)OCc1ccccc1)C(=O)O[C@@H](C(=O)NC(N)=O)C(C)C. The first kappa shape index (κ1) is 22.9. The van der Waals surface area contributed by atoms with Crippen LogP contribution in [-0.2, 0) is 25.7 Å². The quantitative estimate of drug-likeness (QED) is 0.575. The minimum Gasteiger partial charge on any atom is -0.450 e. The number of hydrogen-bond donors (Lipinski definition) is 3. The topological polar surface area (TPSA) is 137 Å². The summed E-state index contributed by atoms with van der Waals surface area (Å²) in [5, 5.41) is 4.34. The summed E-state index contributed by atoms with van der Waals surface area (Å²) in [6.07, 6.45) is -2.02. The molecule has 9 nitrogen and oxygen atoms in total. The van der Waals surface area contributed by atoms with Gasteiger partial charge in [0.05, 0.1) is 0 Å². The van der Waals surface area contributed by atoms with Gasteiger partial charge in [-0.25, -0.2) is 14.4 Å². The first-order chi connectivity index (χ1) is 13.1. The summed E-state index contributed by atoms with van der Waals surface area (Å²) in [7, 11) is 0. The zero-order valence-corrected chi connectivity index (χ0v) is 16.4. The number of rotatable bonds is 8. The first-order valence-corrected chi connectivity index (χ1v) is 8.89. The number of primary amides is 1. The Balaban J connectivity index is 2.72. The van der Waals surface area contributed by atoms with E-state index in [-0.39, 0.29) is 12.5 Å². The van der Waals surface area contributed by atoms with Gasteiger partial charge in [0.15, 0.2) is 6.10 Å². The Hall–Kier alpha value is -3.10. The predicted octanol–water partition coefficient (Wildman–Crippen LogP) is 1.70. The molecule has 1 rings (SSSR count). The van der Waals surface area contributed by atoms with Crippen molar-refractivity contribution >= 4 is 24.0 Å². The number of ether oxygens (including phenoxy) is 2. The van der Waals surface area contributed by atoms with E-state index in [1.807, 2.05) is 23.5 Å². The van der Waals surface area contributed by atoms with Crippen LogP contribution < -0.4 is 16.4 Å². The van der Waals surface area contributed by atoms with Crippen LogP contribution in [0.4, 0.5) is 9.59 Å². The Kier molecular flexibility index (Phi) is 8.94. The van der Waals surface area contributed by atoms with E-state index in [9.17, 15) is 19.2 Å². The number of nitrogens with one attached hydrogen (secondary N) is 2. The average molecular weight is 393 g/mol. The number of hydrogen-bond acceptors (Lipinski definition) is 6. The normalized spacial score (nSPS) is 12.8. The standard InChI is InChI=1S/C19H27N3O6/c1-11(2)14(21-19(26)27-10-13-8-6-5-7-9-13)17(24)28-15(12(3)4)16(23)22-18(20)25/h5-9,11-12,14-15H,10H2,1-4H3,(H,21,26)(H3,20,22,23,25)/t14-,15+/m0/s1. The van der Waals surface area contributed by atoms with E-state index < -0.39 is 42.1 Å². The molecule has 28 heavy (non-hydrogen) atoms. The molecule has 0 unspecified atom stereocenters. The van der Waals surface area contributed by atoms with Crippen molar-refractivity contribution in [2.75, 3.05) is 0 Å².